The highest BCUT2D eigenvalue weighted by molar-refractivity contribution is 7.89. The first-order valence-electron chi connectivity index (χ1n) is 9.45. The number of carbonyl (C=O) groups excluding carboxylic acids is 2. The summed E-state index contributed by atoms with van der Waals surface area (Å²) in [5.74, 6) is -0.462. The van der Waals surface area contributed by atoms with Gasteiger partial charge in [-0.25, -0.2) is 8.42 Å². The van der Waals surface area contributed by atoms with E-state index in [0.717, 1.165) is 25.7 Å². The molecule has 0 bridgehead atoms. The molecule has 2 amide bonds. The van der Waals surface area contributed by atoms with Crippen LogP contribution in [-0.2, 0) is 14.8 Å². The fourth-order valence-corrected chi connectivity index (χ4v) is 5.13. The first-order chi connectivity index (χ1) is 12.7. The van der Waals surface area contributed by atoms with Crippen LogP contribution in [-0.4, -0.2) is 61.2 Å². The molecule has 2 aliphatic rings. The summed E-state index contributed by atoms with van der Waals surface area (Å²) in [7, 11) is -3.54. The SMILES string of the molecule is CC1(C)C(=O)NCCN1C(=O)c1ccc(S(=O)(=O)N2CCCCCC2)cc1. The van der Waals surface area contributed by atoms with Gasteiger partial charge in [-0.2, -0.15) is 4.31 Å². The Morgan fingerprint density at radius 2 is 1.59 bits per heavy atom. The minimum atomic E-state index is -3.54. The lowest BCUT2D eigenvalue weighted by Gasteiger charge is -2.41. The van der Waals surface area contributed by atoms with Gasteiger partial charge in [-0.1, -0.05) is 12.8 Å². The second-order valence-electron chi connectivity index (χ2n) is 7.61. The Labute approximate surface area is 160 Å². The van der Waals surface area contributed by atoms with Crippen molar-refractivity contribution < 1.29 is 18.0 Å². The Morgan fingerprint density at radius 1 is 1.00 bits per heavy atom. The summed E-state index contributed by atoms with van der Waals surface area (Å²) in [5, 5.41) is 2.76. The minimum absolute atomic E-state index is 0.192. The number of carbonyl (C=O) groups is 2. The first-order valence-corrected chi connectivity index (χ1v) is 10.9. The molecule has 148 valence electrons. The highest BCUT2D eigenvalue weighted by Crippen LogP contribution is 2.23. The van der Waals surface area contributed by atoms with E-state index in [2.05, 4.69) is 5.32 Å². The third kappa shape index (κ3) is 3.87. The second-order valence-corrected chi connectivity index (χ2v) is 9.55. The highest BCUT2D eigenvalue weighted by atomic mass is 32.2. The van der Waals surface area contributed by atoms with E-state index in [-0.39, 0.29) is 16.7 Å². The van der Waals surface area contributed by atoms with Gasteiger partial charge in [0.2, 0.25) is 15.9 Å². The zero-order valence-electron chi connectivity index (χ0n) is 15.9. The molecule has 2 saturated heterocycles. The molecule has 0 atom stereocenters. The topological polar surface area (TPSA) is 86.8 Å². The van der Waals surface area contributed by atoms with Crippen molar-refractivity contribution in [2.75, 3.05) is 26.2 Å². The molecule has 2 aliphatic heterocycles. The van der Waals surface area contributed by atoms with Gasteiger partial charge in [-0.15, -0.1) is 0 Å². The van der Waals surface area contributed by atoms with Crippen LogP contribution < -0.4 is 5.32 Å². The number of rotatable bonds is 3. The van der Waals surface area contributed by atoms with Gasteiger partial charge in [0.15, 0.2) is 0 Å². The molecule has 0 aromatic heterocycles. The number of hydrogen-bond acceptors (Lipinski definition) is 4. The predicted octanol–water partition coefficient (Wildman–Crippen LogP) is 1.60. The van der Waals surface area contributed by atoms with Crippen LogP contribution in [0.5, 0.6) is 0 Å². The number of sulfonamides is 1. The van der Waals surface area contributed by atoms with Gasteiger partial charge in [0.1, 0.15) is 5.54 Å². The van der Waals surface area contributed by atoms with Crippen molar-refractivity contribution >= 4 is 21.8 Å². The van der Waals surface area contributed by atoms with E-state index >= 15 is 0 Å². The molecule has 1 N–H and O–H groups in total. The Hall–Kier alpha value is -1.93. The molecule has 1 aromatic carbocycles. The van der Waals surface area contributed by atoms with Crippen LogP contribution in [0, 0.1) is 0 Å². The molecule has 0 unspecified atom stereocenters. The molecular formula is C19H27N3O4S. The molecule has 2 heterocycles. The molecule has 7 nitrogen and oxygen atoms in total. The molecule has 0 spiro atoms. The van der Waals surface area contributed by atoms with Crippen LogP contribution in [0.3, 0.4) is 0 Å². The molecule has 8 heteroatoms. The van der Waals surface area contributed by atoms with Crippen molar-refractivity contribution in [1.82, 2.24) is 14.5 Å². The molecule has 0 radical (unpaired) electrons. The van der Waals surface area contributed by atoms with Crippen molar-refractivity contribution in [3.05, 3.63) is 29.8 Å². The third-order valence-corrected chi connectivity index (χ3v) is 7.31. The molecule has 1 aromatic rings. The number of nitrogens with one attached hydrogen (secondary N) is 1. The summed E-state index contributed by atoms with van der Waals surface area (Å²) in [6.45, 7) is 5.33. The molecule has 0 aliphatic carbocycles. The summed E-state index contributed by atoms with van der Waals surface area (Å²) in [5.41, 5.74) is -0.556. The standard InChI is InChI=1S/C19H27N3O4S/c1-19(2)18(24)20-11-14-22(19)17(23)15-7-9-16(10-8-15)27(25,26)21-12-5-3-4-6-13-21/h7-10H,3-6,11-14H2,1-2H3,(H,20,24). The second kappa shape index (κ2) is 7.59. The Bertz CT molecular complexity index is 810. The predicted molar refractivity (Wildman–Crippen MR) is 102 cm³/mol. The Morgan fingerprint density at radius 3 is 2.19 bits per heavy atom. The highest BCUT2D eigenvalue weighted by Gasteiger charge is 2.40. The van der Waals surface area contributed by atoms with Crippen molar-refractivity contribution in [2.24, 2.45) is 0 Å². The number of hydrogen-bond donors (Lipinski definition) is 1. The van der Waals surface area contributed by atoms with Crippen molar-refractivity contribution in [2.45, 2.75) is 50.0 Å². The Kier molecular flexibility index (Phi) is 5.58. The molecular weight excluding hydrogens is 366 g/mol. The normalized spacial score (nSPS) is 21.4. The van der Waals surface area contributed by atoms with E-state index in [9.17, 15) is 18.0 Å². The summed E-state index contributed by atoms with van der Waals surface area (Å²) in [6.07, 6.45) is 3.86. The van der Waals surface area contributed by atoms with Gasteiger partial charge in [0.25, 0.3) is 5.91 Å². The average Bonchev–Trinajstić information content (AvgIpc) is 2.93. The number of amides is 2. The van der Waals surface area contributed by atoms with Gasteiger partial charge < -0.3 is 10.2 Å². The van der Waals surface area contributed by atoms with Gasteiger partial charge in [0, 0.05) is 31.7 Å². The molecule has 3 rings (SSSR count). The number of piperazine rings is 1. The van der Waals surface area contributed by atoms with Crippen LogP contribution in [0.4, 0.5) is 0 Å². The average molecular weight is 394 g/mol. The lowest BCUT2D eigenvalue weighted by atomic mass is 9.97. The smallest absolute Gasteiger partial charge is 0.254 e. The lowest BCUT2D eigenvalue weighted by molar-refractivity contribution is -0.133. The largest absolute Gasteiger partial charge is 0.352 e. The lowest BCUT2D eigenvalue weighted by Crippen LogP contribution is -2.63. The fraction of sp³-hybridized carbons (Fsp3) is 0.579. The van der Waals surface area contributed by atoms with Crippen molar-refractivity contribution in [3.63, 3.8) is 0 Å². The van der Waals surface area contributed by atoms with Crippen LogP contribution >= 0.6 is 0 Å². The molecule has 27 heavy (non-hydrogen) atoms. The van der Waals surface area contributed by atoms with E-state index in [1.807, 2.05) is 0 Å². The van der Waals surface area contributed by atoms with Gasteiger partial charge in [-0.3, -0.25) is 9.59 Å². The number of nitrogens with zero attached hydrogens (tertiary/aromatic N) is 2. The van der Waals surface area contributed by atoms with Gasteiger partial charge in [0.05, 0.1) is 4.90 Å². The molecule has 2 fully saturated rings. The summed E-state index contributed by atoms with van der Waals surface area (Å²) in [4.78, 5) is 26.7. The van der Waals surface area contributed by atoms with E-state index in [1.165, 1.54) is 33.5 Å². The maximum Gasteiger partial charge on any atom is 0.254 e. The maximum atomic E-state index is 12.9. The summed E-state index contributed by atoms with van der Waals surface area (Å²) >= 11 is 0. The van der Waals surface area contributed by atoms with Crippen LogP contribution in [0.1, 0.15) is 49.9 Å². The fourth-order valence-electron chi connectivity index (χ4n) is 3.61. The Balaban J connectivity index is 1.80. The zero-order valence-corrected chi connectivity index (χ0v) is 16.7. The minimum Gasteiger partial charge on any atom is -0.352 e. The van der Waals surface area contributed by atoms with Gasteiger partial charge >= 0.3 is 0 Å². The zero-order chi connectivity index (χ0) is 19.7. The van der Waals surface area contributed by atoms with Gasteiger partial charge in [-0.05, 0) is 51.0 Å². The quantitative estimate of drug-likeness (QED) is 0.845. The first kappa shape index (κ1) is 19.8. The van der Waals surface area contributed by atoms with Crippen LogP contribution in [0.15, 0.2) is 29.2 Å². The van der Waals surface area contributed by atoms with E-state index in [0.29, 0.717) is 31.7 Å². The van der Waals surface area contributed by atoms with Crippen molar-refractivity contribution in [3.8, 4) is 0 Å². The van der Waals surface area contributed by atoms with E-state index < -0.39 is 15.6 Å². The van der Waals surface area contributed by atoms with E-state index in [1.54, 1.807) is 13.8 Å². The molecule has 0 saturated carbocycles. The van der Waals surface area contributed by atoms with E-state index in [4.69, 9.17) is 0 Å². The summed E-state index contributed by atoms with van der Waals surface area (Å²) < 4.78 is 27.2. The van der Waals surface area contributed by atoms with Crippen LogP contribution in [0.2, 0.25) is 0 Å². The monoisotopic (exact) mass is 393 g/mol. The number of benzene rings is 1. The van der Waals surface area contributed by atoms with Crippen molar-refractivity contribution in [1.29, 1.82) is 0 Å². The summed E-state index contributed by atoms with van der Waals surface area (Å²) in [6, 6.07) is 6.06. The maximum absolute atomic E-state index is 12.9. The van der Waals surface area contributed by atoms with Crippen LogP contribution in [0.25, 0.3) is 0 Å². The third-order valence-electron chi connectivity index (χ3n) is 5.40.